The van der Waals surface area contributed by atoms with Gasteiger partial charge in [-0.05, 0) is 64.0 Å². The van der Waals surface area contributed by atoms with Gasteiger partial charge in [-0.3, -0.25) is 24.1 Å². The Hall–Kier alpha value is -3.06. The third kappa shape index (κ3) is 12.5. The van der Waals surface area contributed by atoms with Crippen molar-refractivity contribution >= 4 is 23.6 Å². The van der Waals surface area contributed by atoms with Crippen LogP contribution in [0, 0.1) is 23.7 Å². The van der Waals surface area contributed by atoms with Crippen molar-refractivity contribution in [2.75, 3.05) is 34.9 Å². The minimum atomic E-state index is -0.877. The first kappa shape index (κ1) is 48.1. The molecule has 0 aliphatic carbocycles. The van der Waals surface area contributed by atoms with Crippen molar-refractivity contribution in [1.29, 1.82) is 0 Å². The van der Waals surface area contributed by atoms with Gasteiger partial charge in [0, 0.05) is 33.9 Å². The minimum absolute atomic E-state index is 0.0199. The van der Waals surface area contributed by atoms with Crippen molar-refractivity contribution in [2.45, 2.75) is 156 Å². The molecule has 314 valence electrons. The van der Waals surface area contributed by atoms with Crippen molar-refractivity contribution in [3.63, 3.8) is 0 Å². The van der Waals surface area contributed by atoms with Gasteiger partial charge in [0.1, 0.15) is 6.04 Å². The van der Waals surface area contributed by atoms with Crippen LogP contribution in [0.3, 0.4) is 0 Å². The van der Waals surface area contributed by atoms with Crippen LogP contribution in [0.15, 0.2) is 30.3 Å². The smallest absolute Gasteiger partial charge is 0.245 e. The molecule has 0 unspecified atom stereocenters. The van der Waals surface area contributed by atoms with Gasteiger partial charge in [0.2, 0.25) is 23.6 Å². The Morgan fingerprint density at radius 1 is 0.873 bits per heavy atom. The monoisotopic (exact) mass is 774 g/mol. The summed E-state index contributed by atoms with van der Waals surface area (Å²) in [4.78, 5) is 61.6. The number of hydrogen-bond donors (Lipinski definition) is 3. The lowest BCUT2D eigenvalue weighted by Gasteiger charge is -2.41. The van der Waals surface area contributed by atoms with Gasteiger partial charge in [0.05, 0.1) is 54.8 Å². The van der Waals surface area contributed by atoms with Crippen LogP contribution >= 0.6 is 0 Å². The van der Waals surface area contributed by atoms with Crippen molar-refractivity contribution in [3.8, 4) is 0 Å². The molecule has 12 heteroatoms. The van der Waals surface area contributed by atoms with Crippen LogP contribution < -0.4 is 10.6 Å². The van der Waals surface area contributed by atoms with Crippen LogP contribution in [0.25, 0.3) is 0 Å². The van der Waals surface area contributed by atoms with Crippen LogP contribution in [0.4, 0.5) is 0 Å². The van der Waals surface area contributed by atoms with E-state index in [4.69, 9.17) is 9.47 Å². The summed E-state index contributed by atoms with van der Waals surface area (Å²) in [6.45, 7) is 20.3. The molecule has 11 atom stereocenters. The lowest BCUT2D eigenvalue weighted by Crippen LogP contribution is -2.60. The lowest BCUT2D eigenvalue weighted by molar-refractivity contribution is -0.148. The number of amides is 4. The number of nitrogens with one attached hydrogen (secondary N) is 2. The standard InChI is InChI=1S/C43H75N5O7/c1-15-28(7)36(45-42(52)37(26(3)4)46(11)27(5)6)43(53)47(12)38(29(8)16-2)34(54-13)25-35(49)48-24-20-23-33(48)40(55-14)30(9)41(51)44-31(10)39(50)32-21-18-17-19-22-32/h17-19,21-22,26-31,33-34,36-40,50H,15-16,20,23-25H2,1-14H3,(H,44,51)(H,45,52)/t28-,29-,30+,31+,33-,34+,36-,37-,38-,39+,40+/m0/s1. The molecule has 0 spiro atoms. The molecular weight excluding hydrogens is 699 g/mol. The number of hydrogen-bond acceptors (Lipinski definition) is 8. The molecule has 1 fully saturated rings. The van der Waals surface area contributed by atoms with E-state index >= 15 is 0 Å². The number of ether oxygens (including phenoxy) is 2. The van der Waals surface area contributed by atoms with E-state index in [1.165, 1.54) is 0 Å². The molecule has 1 aromatic rings. The SMILES string of the molecule is CC[C@H](C)[C@@H]([C@@H](CC(=O)N1CCC[C@H]1[C@H](OC)[C@@H](C)C(=O)N[C@H](C)[C@@H](O)c1ccccc1)OC)N(C)C(=O)[C@@H](NC(=O)[C@H](C(C)C)N(C)C(C)C)[C@@H](C)CC. The van der Waals surface area contributed by atoms with Gasteiger partial charge < -0.3 is 35.0 Å². The van der Waals surface area contributed by atoms with Crippen molar-refractivity contribution in [2.24, 2.45) is 23.7 Å². The molecule has 1 aromatic carbocycles. The van der Waals surface area contributed by atoms with E-state index in [1.54, 1.807) is 44.9 Å². The second-order valence-corrected chi connectivity index (χ2v) is 16.6. The summed E-state index contributed by atoms with van der Waals surface area (Å²) in [5.41, 5.74) is 0.712. The topological polar surface area (TPSA) is 141 Å². The van der Waals surface area contributed by atoms with Gasteiger partial charge in [-0.15, -0.1) is 0 Å². The summed E-state index contributed by atoms with van der Waals surface area (Å²) >= 11 is 0. The van der Waals surface area contributed by atoms with Gasteiger partial charge in [-0.25, -0.2) is 0 Å². The first-order valence-corrected chi connectivity index (χ1v) is 20.5. The molecule has 1 aliphatic rings. The highest BCUT2D eigenvalue weighted by Gasteiger charge is 2.43. The molecular formula is C43H75N5O7. The Morgan fingerprint density at radius 2 is 1.47 bits per heavy atom. The third-order valence-electron chi connectivity index (χ3n) is 12.2. The van der Waals surface area contributed by atoms with E-state index in [9.17, 15) is 24.3 Å². The first-order chi connectivity index (χ1) is 25.9. The van der Waals surface area contributed by atoms with Gasteiger partial charge in [0.25, 0.3) is 0 Å². The predicted octanol–water partition coefficient (Wildman–Crippen LogP) is 5.04. The van der Waals surface area contributed by atoms with E-state index < -0.39 is 48.4 Å². The second kappa shape index (κ2) is 22.6. The zero-order valence-electron chi connectivity index (χ0n) is 36.4. The van der Waals surface area contributed by atoms with Crippen molar-refractivity contribution in [3.05, 3.63) is 35.9 Å². The summed E-state index contributed by atoms with van der Waals surface area (Å²) in [5.74, 6) is -1.49. The molecule has 55 heavy (non-hydrogen) atoms. The number of aliphatic hydroxyl groups excluding tert-OH is 1. The molecule has 4 amide bonds. The van der Waals surface area contributed by atoms with Gasteiger partial charge in [0.15, 0.2) is 0 Å². The third-order valence-corrected chi connectivity index (χ3v) is 12.2. The number of nitrogens with zero attached hydrogens (tertiary/aromatic N) is 3. The number of rotatable bonds is 22. The summed E-state index contributed by atoms with van der Waals surface area (Å²) in [6, 6.07) is 6.87. The van der Waals surface area contributed by atoms with E-state index in [2.05, 4.69) is 38.3 Å². The Labute approximate surface area is 332 Å². The first-order valence-electron chi connectivity index (χ1n) is 20.5. The van der Waals surface area contributed by atoms with Crippen LogP contribution in [0.2, 0.25) is 0 Å². The summed E-state index contributed by atoms with van der Waals surface area (Å²) < 4.78 is 12.0. The number of likely N-dealkylation sites (tertiary alicyclic amines) is 1. The Bertz CT molecular complexity index is 1350. The zero-order chi connectivity index (χ0) is 41.7. The van der Waals surface area contributed by atoms with Gasteiger partial charge in [-0.1, -0.05) is 91.6 Å². The average molecular weight is 774 g/mol. The highest BCUT2D eigenvalue weighted by atomic mass is 16.5. The zero-order valence-corrected chi connectivity index (χ0v) is 36.4. The fourth-order valence-corrected chi connectivity index (χ4v) is 8.10. The van der Waals surface area contributed by atoms with E-state index in [-0.39, 0.29) is 59.9 Å². The van der Waals surface area contributed by atoms with Gasteiger partial charge in [-0.2, -0.15) is 0 Å². The van der Waals surface area contributed by atoms with E-state index in [1.807, 2.05) is 70.0 Å². The van der Waals surface area contributed by atoms with Crippen LogP contribution in [-0.2, 0) is 28.7 Å². The van der Waals surface area contributed by atoms with Gasteiger partial charge >= 0.3 is 0 Å². The molecule has 0 aromatic heterocycles. The fourth-order valence-electron chi connectivity index (χ4n) is 8.10. The molecule has 1 saturated heterocycles. The highest BCUT2D eigenvalue weighted by Crippen LogP contribution is 2.30. The number of likely N-dealkylation sites (N-methyl/N-ethyl adjacent to an activating group) is 2. The highest BCUT2D eigenvalue weighted by molar-refractivity contribution is 5.90. The molecule has 1 aliphatic heterocycles. The quantitative estimate of drug-likeness (QED) is 0.149. The molecule has 2 rings (SSSR count). The fraction of sp³-hybridized carbons (Fsp3) is 0.767. The molecule has 3 N–H and O–H groups in total. The number of benzene rings is 1. The number of methoxy groups -OCH3 is 2. The average Bonchev–Trinajstić information content (AvgIpc) is 3.65. The molecule has 0 saturated carbocycles. The summed E-state index contributed by atoms with van der Waals surface area (Å²) in [6.07, 6.45) is 0.830. The molecule has 12 nitrogen and oxygen atoms in total. The second-order valence-electron chi connectivity index (χ2n) is 16.6. The molecule has 0 bridgehead atoms. The summed E-state index contributed by atoms with van der Waals surface area (Å²) in [5, 5.41) is 17.0. The van der Waals surface area contributed by atoms with Crippen molar-refractivity contribution < 1.29 is 33.8 Å². The molecule has 0 radical (unpaired) electrons. The van der Waals surface area contributed by atoms with Crippen LogP contribution in [0.1, 0.15) is 113 Å². The number of aliphatic hydroxyl groups is 1. The number of carbonyl (C=O) groups is 4. The maximum Gasteiger partial charge on any atom is 0.245 e. The normalized spacial score (nSPS) is 20.3. The lowest BCUT2D eigenvalue weighted by atomic mass is 9.88. The Morgan fingerprint density at radius 3 is 1.98 bits per heavy atom. The predicted molar refractivity (Wildman–Crippen MR) is 218 cm³/mol. The Balaban J connectivity index is 2.30. The van der Waals surface area contributed by atoms with E-state index in [0.29, 0.717) is 24.9 Å². The van der Waals surface area contributed by atoms with Crippen LogP contribution in [-0.4, -0.2) is 127 Å². The van der Waals surface area contributed by atoms with Crippen LogP contribution in [0.5, 0.6) is 0 Å². The summed E-state index contributed by atoms with van der Waals surface area (Å²) in [7, 11) is 6.83. The maximum atomic E-state index is 14.5. The largest absolute Gasteiger partial charge is 0.386 e. The number of carbonyl (C=O) groups excluding carboxylic acids is 4. The molecule has 1 heterocycles. The minimum Gasteiger partial charge on any atom is -0.386 e. The maximum absolute atomic E-state index is 14.5. The Kier molecular flexibility index (Phi) is 19.8. The van der Waals surface area contributed by atoms with Crippen molar-refractivity contribution in [1.82, 2.24) is 25.3 Å². The van der Waals surface area contributed by atoms with E-state index in [0.717, 1.165) is 12.8 Å².